The number of H-pyrrole nitrogens is 1. The fraction of sp³-hybridized carbons (Fsp3) is 0.462. The minimum absolute atomic E-state index is 0.171. The highest BCUT2D eigenvalue weighted by molar-refractivity contribution is 5.92. The number of hydrogen-bond acceptors (Lipinski definition) is 3. The fourth-order valence-electron chi connectivity index (χ4n) is 2.37. The van der Waals surface area contributed by atoms with Crippen LogP contribution in [0.25, 0.3) is 0 Å². The Hall–Kier alpha value is -2.11. The maximum Gasteiger partial charge on any atom is 0.270 e. The Balaban J connectivity index is 1.96. The van der Waals surface area contributed by atoms with Crippen LogP contribution >= 0.6 is 0 Å². The minimum atomic E-state index is -0.294. The van der Waals surface area contributed by atoms with Crippen LogP contribution < -0.4 is 11.3 Å². The number of aromatic nitrogens is 1. The molecule has 2 heterocycles. The molecule has 1 saturated heterocycles. The van der Waals surface area contributed by atoms with Crippen LogP contribution in [0.15, 0.2) is 23.0 Å². The molecule has 0 unspecified atom stereocenters. The van der Waals surface area contributed by atoms with E-state index >= 15 is 0 Å². The number of rotatable bonds is 3. The summed E-state index contributed by atoms with van der Waals surface area (Å²) in [4.78, 5) is 38.4. The smallest absolute Gasteiger partial charge is 0.270 e. The molecule has 1 aromatic heterocycles. The number of nitrogens with zero attached hydrogens (tertiary/aromatic N) is 1. The highest BCUT2D eigenvalue weighted by Crippen LogP contribution is 2.21. The van der Waals surface area contributed by atoms with Crippen LogP contribution in [-0.2, 0) is 4.79 Å². The average Bonchev–Trinajstić information content (AvgIpc) is 2.38. The van der Waals surface area contributed by atoms with Gasteiger partial charge in [-0.05, 0) is 24.8 Å². The summed E-state index contributed by atoms with van der Waals surface area (Å²) in [5, 5.41) is 0. The lowest BCUT2D eigenvalue weighted by Gasteiger charge is -2.31. The third-order valence-corrected chi connectivity index (χ3v) is 3.39. The number of piperidine rings is 1. The van der Waals surface area contributed by atoms with Crippen molar-refractivity contribution in [1.82, 2.24) is 9.88 Å². The number of pyridine rings is 1. The van der Waals surface area contributed by atoms with Crippen molar-refractivity contribution in [3.63, 3.8) is 0 Å². The molecule has 0 atom stereocenters. The van der Waals surface area contributed by atoms with Crippen LogP contribution in [-0.4, -0.2) is 34.8 Å². The molecule has 0 aromatic carbocycles. The van der Waals surface area contributed by atoms with Crippen molar-refractivity contribution in [3.05, 3.63) is 34.2 Å². The second kappa shape index (κ2) is 5.69. The first-order valence-electron chi connectivity index (χ1n) is 6.33. The highest BCUT2D eigenvalue weighted by atomic mass is 16.2. The Bertz CT molecular complexity index is 530. The van der Waals surface area contributed by atoms with Gasteiger partial charge in [-0.2, -0.15) is 0 Å². The molecule has 1 aromatic rings. The van der Waals surface area contributed by atoms with Gasteiger partial charge in [0.1, 0.15) is 5.69 Å². The van der Waals surface area contributed by atoms with Gasteiger partial charge >= 0.3 is 0 Å². The monoisotopic (exact) mass is 263 g/mol. The molecule has 0 bridgehead atoms. The average molecular weight is 263 g/mol. The van der Waals surface area contributed by atoms with Gasteiger partial charge < -0.3 is 15.6 Å². The van der Waals surface area contributed by atoms with Crippen LogP contribution in [0, 0.1) is 5.92 Å². The molecule has 0 radical (unpaired) electrons. The predicted molar refractivity (Wildman–Crippen MR) is 69.5 cm³/mol. The molecule has 1 fully saturated rings. The topological polar surface area (TPSA) is 96.3 Å². The lowest BCUT2D eigenvalue weighted by atomic mass is 9.93. The molecule has 0 spiro atoms. The maximum absolute atomic E-state index is 12.1. The number of primary amides is 1. The Kier molecular flexibility index (Phi) is 3.99. The van der Waals surface area contributed by atoms with Gasteiger partial charge in [0.15, 0.2) is 0 Å². The molecular weight excluding hydrogens is 246 g/mol. The summed E-state index contributed by atoms with van der Waals surface area (Å²) < 4.78 is 0. The number of hydrogen-bond donors (Lipinski definition) is 2. The molecule has 0 aliphatic carbocycles. The van der Waals surface area contributed by atoms with Crippen molar-refractivity contribution in [3.8, 4) is 0 Å². The van der Waals surface area contributed by atoms with E-state index in [0.717, 1.165) is 12.8 Å². The van der Waals surface area contributed by atoms with Gasteiger partial charge in [0.2, 0.25) is 11.5 Å². The quantitative estimate of drug-likeness (QED) is 0.809. The summed E-state index contributed by atoms with van der Waals surface area (Å²) in [6, 6.07) is 4.53. The molecule has 6 nitrogen and oxygen atoms in total. The number of carbonyl (C=O) groups excluding carboxylic acids is 2. The summed E-state index contributed by atoms with van der Waals surface area (Å²) in [6.07, 6.45) is 1.92. The van der Waals surface area contributed by atoms with Gasteiger partial charge in [-0.25, -0.2) is 0 Å². The van der Waals surface area contributed by atoms with E-state index in [-0.39, 0.29) is 23.3 Å². The van der Waals surface area contributed by atoms with Crippen LogP contribution in [0.3, 0.4) is 0 Å². The largest absolute Gasteiger partial charge is 0.370 e. The number of nitrogens with two attached hydrogens (primary N) is 1. The molecule has 19 heavy (non-hydrogen) atoms. The van der Waals surface area contributed by atoms with Crippen molar-refractivity contribution < 1.29 is 9.59 Å². The standard InChI is InChI=1S/C13H17N3O3/c14-11(17)8-9-4-6-16(7-5-9)13(19)10-2-1-3-12(18)15-10/h1-3,9H,4-8H2,(H2,14,17)(H,15,18). The summed E-state index contributed by atoms with van der Waals surface area (Å²) >= 11 is 0. The highest BCUT2D eigenvalue weighted by Gasteiger charge is 2.24. The van der Waals surface area contributed by atoms with Gasteiger partial charge in [-0.3, -0.25) is 14.4 Å². The van der Waals surface area contributed by atoms with Gasteiger partial charge in [0.05, 0.1) is 0 Å². The van der Waals surface area contributed by atoms with Crippen LogP contribution in [0.2, 0.25) is 0 Å². The zero-order chi connectivity index (χ0) is 13.8. The molecule has 2 rings (SSSR count). The van der Waals surface area contributed by atoms with Crippen molar-refractivity contribution in [2.24, 2.45) is 11.7 Å². The van der Waals surface area contributed by atoms with Crippen LogP contribution in [0.5, 0.6) is 0 Å². The van der Waals surface area contributed by atoms with Crippen molar-refractivity contribution in [1.29, 1.82) is 0 Å². The van der Waals surface area contributed by atoms with E-state index in [0.29, 0.717) is 25.2 Å². The van der Waals surface area contributed by atoms with Gasteiger partial charge in [-0.15, -0.1) is 0 Å². The Morgan fingerprint density at radius 2 is 2.00 bits per heavy atom. The summed E-state index contributed by atoms with van der Waals surface area (Å²) in [6.45, 7) is 1.18. The molecule has 1 aliphatic rings. The fourth-order valence-corrected chi connectivity index (χ4v) is 2.37. The van der Waals surface area contributed by atoms with E-state index in [1.807, 2.05) is 0 Å². The van der Waals surface area contributed by atoms with Gasteiger partial charge in [-0.1, -0.05) is 6.07 Å². The van der Waals surface area contributed by atoms with E-state index in [1.54, 1.807) is 17.0 Å². The molecule has 102 valence electrons. The normalized spacial score (nSPS) is 16.3. The third-order valence-electron chi connectivity index (χ3n) is 3.39. The minimum Gasteiger partial charge on any atom is -0.370 e. The third kappa shape index (κ3) is 3.43. The zero-order valence-corrected chi connectivity index (χ0v) is 10.6. The van der Waals surface area contributed by atoms with Crippen molar-refractivity contribution in [2.45, 2.75) is 19.3 Å². The molecule has 6 heteroatoms. The van der Waals surface area contributed by atoms with Crippen molar-refractivity contribution >= 4 is 11.8 Å². The molecule has 1 aliphatic heterocycles. The Morgan fingerprint density at radius 1 is 1.32 bits per heavy atom. The molecular formula is C13H17N3O3. The lowest BCUT2D eigenvalue weighted by Crippen LogP contribution is -2.40. The second-order valence-corrected chi connectivity index (χ2v) is 4.83. The van der Waals surface area contributed by atoms with E-state index in [4.69, 9.17) is 5.73 Å². The van der Waals surface area contributed by atoms with E-state index in [1.165, 1.54) is 6.07 Å². The number of carbonyl (C=O) groups is 2. The van der Waals surface area contributed by atoms with E-state index in [9.17, 15) is 14.4 Å². The number of amides is 2. The molecule has 2 amide bonds. The second-order valence-electron chi connectivity index (χ2n) is 4.83. The zero-order valence-electron chi connectivity index (χ0n) is 10.6. The first kappa shape index (κ1) is 13.3. The summed E-state index contributed by atoms with van der Waals surface area (Å²) in [5.41, 5.74) is 5.19. The lowest BCUT2D eigenvalue weighted by molar-refractivity contribution is -0.119. The summed E-state index contributed by atoms with van der Waals surface area (Å²) in [7, 11) is 0. The Labute approximate surface area is 110 Å². The first-order valence-corrected chi connectivity index (χ1v) is 6.33. The summed E-state index contributed by atoms with van der Waals surface area (Å²) in [5.74, 6) is -0.205. The maximum atomic E-state index is 12.1. The Morgan fingerprint density at radius 3 is 2.58 bits per heavy atom. The van der Waals surface area contributed by atoms with E-state index < -0.39 is 0 Å². The van der Waals surface area contributed by atoms with Gasteiger partial charge in [0.25, 0.3) is 5.91 Å². The van der Waals surface area contributed by atoms with Gasteiger partial charge in [0, 0.05) is 25.6 Å². The number of aromatic amines is 1. The SMILES string of the molecule is NC(=O)CC1CCN(C(=O)c2cccc(=O)[nH]2)CC1. The molecule has 0 saturated carbocycles. The van der Waals surface area contributed by atoms with Crippen molar-refractivity contribution in [2.75, 3.05) is 13.1 Å². The predicted octanol–water partition coefficient (Wildman–Crippen LogP) is 0.102. The van der Waals surface area contributed by atoms with Crippen LogP contribution in [0.4, 0.5) is 0 Å². The first-order chi connectivity index (χ1) is 9.06. The number of likely N-dealkylation sites (tertiary alicyclic amines) is 1. The molecule has 3 N–H and O–H groups in total. The van der Waals surface area contributed by atoms with Crippen LogP contribution in [0.1, 0.15) is 29.8 Å². The number of nitrogens with one attached hydrogen (secondary N) is 1. The van der Waals surface area contributed by atoms with E-state index in [2.05, 4.69) is 4.98 Å².